The highest BCUT2D eigenvalue weighted by atomic mass is 19.3. The van der Waals surface area contributed by atoms with Crippen LogP contribution in [-0.2, 0) is 49.5 Å². The first-order valence-electron chi connectivity index (χ1n) is 30.2. The van der Waals surface area contributed by atoms with E-state index < -0.39 is 85.1 Å². The molecule has 0 aliphatic carbocycles. The number of alkyl halides is 2. The Balaban J connectivity index is 0.996. The van der Waals surface area contributed by atoms with Gasteiger partial charge in [-0.1, -0.05) is 29.8 Å². The van der Waals surface area contributed by atoms with Crippen LogP contribution < -0.4 is 26.0 Å². The van der Waals surface area contributed by atoms with Gasteiger partial charge in [0.25, 0.3) is 11.8 Å². The second-order valence-electron chi connectivity index (χ2n) is 22.9. The number of fused-ring (bicyclic) bond motifs is 1. The van der Waals surface area contributed by atoms with Crippen LogP contribution in [0.2, 0.25) is 0 Å². The molecule has 6 rings (SSSR count). The maximum absolute atomic E-state index is 14.1. The average Bonchev–Trinajstić information content (AvgIpc) is 3.37. The van der Waals surface area contributed by atoms with Crippen molar-refractivity contribution in [3.63, 3.8) is 0 Å². The van der Waals surface area contributed by atoms with E-state index >= 15 is 0 Å². The van der Waals surface area contributed by atoms with Crippen LogP contribution in [0.3, 0.4) is 0 Å². The van der Waals surface area contributed by atoms with Crippen molar-refractivity contribution >= 4 is 64.3 Å². The lowest BCUT2D eigenvalue weighted by Gasteiger charge is -2.34. The van der Waals surface area contributed by atoms with Crippen LogP contribution in [-0.4, -0.2) is 258 Å². The number of likely N-dealkylation sites (tertiary alicyclic amines) is 2. The van der Waals surface area contributed by atoms with Gasteiger partial charge in [-0.15, -0.1) is 0 Å². The van der Waals surface area contributed by atoms with Crippen LogP contribution >= 0.6 is 0 Å². The van der Waals surface area contributed by atoms with Gasteiger partial charge in [0.2, 0.25) is 29.5 Å². The van der Waals surface area contributed by atoms with Crippen LogP contribution in [0.1, 0.15) is 79.8 Å². The molecule has 3 aliphatic heterocycles. The molecule has 89 heavy (non-hydrogen) atoms. The van der Waals surface area contributed by atoms with Crippen molar-refractivity contribution in [2.75, 3.05) is 131 Å². The molecule has 3 aliphatic rings. The second-order valence-corrected chi connectivity index (χ2v) is 22.9. The molecule has 28 heteroatoms. The summed E-state index contributed by atoms with van der Waals surface area (Å²) < 4.78 is 39.8. The molecule has 1 aromatic heterocycles. The molecule has 3 fully saturated rings. The van der Waals surface area contributed by atoms with Crippen molar-refractivity contribution in [3.8, 4) is 11.8 Å². The van der Waals surface area contributed by atoms with Crippen molar-refractivity contribution in [1.82, 2.24) is 55.7 Å². The highest BCUT2D eigenvalue weighted by molar-refractivity contribution is 6.07. The van der Waals surface area contributed by atoms with E-state index in [1.807, 2.05) is 31.2 Å². The zero-order valence-electron chi connectivity index (χ0n) is 50.7. The fraction of sp³-hybridized carbons (Fsp3) is 0.590. The fourth-order valence-electron chi connectivity index (χ4n) is 11.0. The quantitative estimate of drug-likeness (QED) is 0.0464. The number of hydrogen-bond donors (Lipinski definition) is 7. The molecule has 4 heterocycles. The SMILES string of the molecule is Cc1ccc(CCCC(=O)NCCOCC[C@H](NC(=O)CN2CCN(CC(=O)O)CCN(CC(=O)O)CCN(CC(=O)O)CC2)C(=O)N[C@@H](C)C(=O)N2CCC(CCCOc3ccc4nccc(C(=O)NCC(=O)N5CC(F)(F)C[C@@H]5C#N)c4c3)CC2)cc1. The highest BCUT2D eigenvalue weighted by Gasteiger charge is 2.47. The molecule has 3 atom stereocenters. The third-order valence-corrected chi connectivity index (χ3v) is 15.9. The van der Waals surface area contributed by atoms with Gasteiger partial charge in [0, 0.05) is 103 Å². The summed E-state index contributed by atoms with van der Waals surface area (Å²) in [6, 6.07) is 12.9. The van der Waals surface area contributed by atoms with E-state index in [1.54, 1.807) is 55.7 Å². The van der Waals surface area contributed by atoms with Crippen LogP contribution in [0.4, 0.5) is 8.78 Å². The largest absolute Gasteiger partial charge is 0.494 e. The first-order chi connectivity index (χ1) is 42.5. The van der Waals surface area contributed by atoms with Crippen molar-refractivity contribution in [2.24, 2.45) is 5.92 Å². The minimum atomic E-state index is -3.19. The van der Waals surface area contributed by atoms with E-state index in [-0.39, 0.29) is 128 Å². The number of benzene rings is 2. The Hall–Kier alpha value is -7.97. The number of carboxylic acids is 3. The molecule has 6 amide bonds. The number of rotatable bonds is 30. The van der Waals surface area contributed by atoms with E-state index in [0.29, 0.717) is 68.5 Å². The van der Waals surface area contributed by atoms with Gasteiger partial charge in [0.1, 0.15) is 23.9 Å². The number of aromatic nitrogens is 1. The monoisotopic (exact) mass is 1250 g/mol. The number of aliphatic carboxylic acids is 3. The van der Waals surface area contributed by atoms with E-state index in [4.69, 9.17) is 9.47 Å². The summed E-state index contributed by atoms with van der Waals surface area (Å²) in [5, 5.41) is 49.5. The number of nitrogens with one attached hydrogen (secondary N) is 4. The van der Waals surface area contributed by atoms with E-state index in [2.05, 4.69) is 26.3 Å². The van der Waals surface area contributed by atoms with Gasteiger partial charge in [-0.3, -0.25) is 67.7 Å². The number of aryl methyl sites for hydroxylation is 2. The summed E-state index contributed by atoms with van der Waals surface area (Å²) in [5.41, 5.74) is 2.96. The van der Waals surface area contributed by atoms with Gasteiger partial charge in [0.05, 0.1) is 69.6 Å². The zero-order valence-corrected chi connectivity index (χ0v) is 50.7. The molecule has 486 valence electrons. The Labute approximate surface area is 516 Å². The molecule has 26 nitrogen and oxygen atoms in total. The fourth-order valence-corrected chi connectivity index (χ4v) is 11.0. The van der Waals surface area contributed by atoms with Gasteiger partial charge in [-0.2, -0.15) is 5.26 Å². The number of nitriles is 1. The molecule has 0 spiro atoms. The molecule has 3 saturated heterocycles. The number of hydrogen-bond acceptors (Lipinski definition) is 17. The number of piperidine rings is 1. The number of ether oxygens (including phenoxy) is 2. The third kappa shape index (κ3) is 24.2. The maximum atomic E-state index is 14.1. The van der Waals surface area contributed by atoms with Crippen molar-refractivity contribution in [2.45, 2.75) is 95.7 Å². The number of halogens is 2. The van der Waals surface area contributed by atoms with Crippen LogP contribution in [0.5, 0.6) is 5.75 Å². The molecule has 3 aromatic rings. The molecule has 2 aromatic carbocycles. The lowest BCUT2D eigenvalue weighted by molar-refractivity contribution is -0.140. The van der Waals surface area contributed by atoms with Gasteiger partial charge in [-0.05, 0) is 94.5 Å². The highest BCUT2D eigenvalue weighted by Crippen LogP contribution is 2.32. The van der Waals surface area contributed by atoms with Crippen LogP contribution in [0.15, 0.2) is 54.7 Å². The van der Waals surface area contributed by atoms with E-state index in [9.17, 15) is 72.5 Å². The molecule has 7 N–H and O–H groups in total. The summed E-state index contributed by atoms with van der Waals surface area (Å²) in [6.07, 6.45) is 5.24. The second kappa shape index (κ2) is 35.3. The summed E-state index contributed by atoms with van der Waals surface area (Å²) in [4.78, 5) is 129. The van der Waals surface area contributed by atoms with Crippen LogP contribution in [0.25, 0.3) is 10.9 Å². The van der Waals surface area contributed by atoms with E-state index in [1.165, 1.54) is 12.3 Å². The van der Waals surface area contributed by atoms with Crippen molar-refractivity contribution in [1.29, 1.82) is 5.26 Å². The zero-order chi connectivity index (χ0) is 64.5. The number of carbonyl (C=O) groups excluding carboxylic acids is 6. The van der Waals surface area contributed by atoms with Crippen molar-refractivity contribution < 1.29 is 76.7 Å². The molecule has 0 bridgehead atoms. The normalized spacial score (nSPS) is 18.1. The Morgan fingerprint density at radius 2 is 1.35 bits per heavy atom. The molecule has 0 radical (unpaired) electrons. The number of carboxylic acid groups (broad SMARTS) is 3. The van der Waals surface area contributed by atoms with Crippen molar-refractivity contribution in [3.05, 3.63) is 71.4 Å². The van der Waals surface area contributed by atoms with Crippen LogP contribution in [0, 0.1) is 24.2 Å². The summed E-state index contributed by atoms with van der Waals surface area (Å²) in [5.74, 6) is -8.84. The Morgan fingerprint density at radius 1 is 0.742 bits per heavy atom. The lowest BCUT2D eigenvalue weighted by Crippen LogP contribution is -2.56. The van der Waals surface area contributed by atoms with E-state index in [0.717, 1.165) is 28.9 Å². The minimum absolute atomic E-state index is 0.00895. The topological polar surface area (TPSA) is 337 Å². The van der Waals surface area contributed by atoms with Gasteiger partial charge in [0.15, 0.2) is 0 Å². The minimum Gasteiger partial charge on any atom is -0.494 e. The summed E-state index contributed by atoms with van der Waals surface area (Å²) in [6.45, 7) is 3.76. The molecule has 0 saturated carbocycles. The average molecular weight is 1250 g/mol. The predicted molar refractivity (Wildman–Crippen MR) is 320 cm³/mol. The summed E-state index contributed by atoms with van der Waals surface area (Å²) in [7, 11) is 0. The number of nitrogens with zero attached hydrogens (tertiary/aromatic N) is 8. The standard InChI is InChI=1S/C61H84F2N12O14/c1-42-8-10-44(11-9-42)5-3-7-52(76)66-19-32-88-31-17-51(69-53(77)37-70-22-24-71(38-55(79)80)26-28-73(40-57(83)84)29-27-72(25-23-70)39-56(81)82)59(86)68-43(2)60(87)74-20-15-45(16-21-74)6-4-30-89-47-12-13-50-49(33-47)48(14-18-65-50)58(85)67-36-54(78)75-41-61(62,63)34-46(75)35-64/h8-14,18,33,43,45-46,51H,3-7,15-17,19-32,34,36-41H2,1-2H3,(H,66,76)(H,67,85)(H,68,86)(H,69,77)(H,79,80)(H,81,82)(H,83,84)/t43-,46+,51-/m0/s1. The Kier molecular flexibility index (Phi) is 27.8. The maximum Gasteiger partial charge on any atom is 0.317 e. The Bertz CT molecular complexity index is 2910. The first kappa shape index (κ1) is 70.1. The first-order valence-corrected chi connectivity index (χ1v) is 30.2. The predicted octanol–water partition coefficient (Wildman–Crippen LogP) is 1.44. The molecular weight excluding hydrogens is 1160 g/mol. The number of amides is 6. The smallest absolute Gasteiger partial charge is 0.317 e. The summed E-state index contributed by atoms with van der Waals surface area (Å²) >= 11 is 0. The van der Waals surface area contributed by atoms with Gasteiger partial charge < -0.3 is 55.9 Å². The molecular formula is C61H84F2N12O14. The lowest BCUT2D eigenvalue weighted by atomic mass is 9.92. The number of pyridine rings is 1. The molecule has 0 unspecified atom stereocenters. The van der Waals surface area contributed by atoms with Gasteiger partial charge >= 0.3 is 17.9 Å². The van der Waals surface area contributed by atoms with Gasteiger partial charge in [-0.25, -0.2) is 8.78 Å². The Morgan fingerprint density at radius 3 is 1.94 bits per heavy atom. The number of carbonyl (C=O) groups is 9. The third-order valence-electron chi connectivity index (χ3n) is 15.9.